The zero-order valence-corrected chi connectivity index (χ0v) is 13.6. The number of ether oxygens (including phenoxy) is 1. The first kappa shape index (κ1) is 15.8. The van der Waals surface area contributed by atoms with Crippen molar-refractivity contribution < 1.29 is 9.53 Å². The zero-order chi connectivity index (χ0) is 15.5. The lowest BCUT2D eigenvalue weighted by atomic mass is 10.2. The minimum absolute atomic E-state index is 0.151. The number of urea groups is 1. The molecule has 3 heterocycles. The second-order valence-electron chi connectivity index (χ2n) is 5.45. The molecule has 1 aromatic heterocycles. The van der Waals surface area contributed by atoms with Crippen LogP contribution in [0.2, 0.25) is 10.0 Å². The Hall–Kier alpha value is -1.08. The lowest BCUT2D eigenvalue weighted by molar-refractivity contribution is 0.0192. The fraction of sp³-hybridized carbons (Fsp3) is 0.571. The standard InChI is InChI=1S/C14H18Cl2N4O2/c15-11-7-13(17-8-12(11)16)18-14(21)20-2-1-10(9-20)19-3-5-22-6-4-19/h7-8,10H,1-6,9H2,(H,17,18,21)/t10-/m0/s1. The van der Waals surface area contributed by atoms with Crippen LogP contribution in [0, 0.1) is 0 Å². The first-order chi connectivity index (χ1) is 10.6. The Kier molecular flexibility index (Phi) is 5.03. The molecule has 2 amide bonds. The van der Waals surface area contributed by atoms with E-state index in [1.54, 1.807) is 6.07 Å². The summed E-state index contributed by atoms with van der Waals surface area (Å²) in [6.45, 7) is 4.90. The molecular formula is C14H18Cl2N4O2. The van der Waals surface area contributed by atoms with Crippen molar-refractivity contribution in [3.63, 3.8) is 0 Å². The fourth-order valence-corrected chi connectivity index (χ4v) is 3.09. The Bertz CT molecular complexity index is 552. The van der Waals surface area contributed by atoms with E-state index in [-0.39, 0.29) is 6.03 Å². The van der Waals surface area contributed by atoms with Crippen LogP contribution in [0.4, 0.5) is 10.6 Å². The molecule has 0 bridgehead atoms. The highest BCUT2D eigenvalue weighted by Gasteiger charge is 2.31. The molecule has 120 valence electrons. The van der Waals surface area contributed by atoms with Crippen LogP contribution in [-0.2, 0) is 4.74 Å². The summed E-state index contributed by atoms with van der Waals surface area (Å²) < 4.78 is 5.37. The summed E-state index contributed by atoms with van der Waals surface area (Å²) in [4.78, 5) is 20.6. The minimum Gasteiger partial charge on any atom is -0.379 e. The number of nitrogens with zero attached hydrogens (tertiary/aromatic N) is 3. The van der Waals surface area contributed by atoms with Gasteiger partial charge in [0.2, 0.25) is 0 Å². The summed E-state index contributed by atoms with van der Waals surface area (Å²) in [7, 11) is 0. The van der Waals surface area contributed by atoms with E-state index in [1.165, 1.54) is 6.20 Å². The number of hydrogen-bond donors (Lipinski definition) is 1. The van der Waals surface area contributed by atoms with E-state index in [0.717, 1.165) is 45.8 Å². The van der Waals surface area contributed by atoms with Crippen molar-refractivity contribution in [2.75, 3.05) is 44.7 Å². The van der Waals surface area contributed by atoms with Gasteiger partial charge in [-0.2, -0.15) is 0 Å². The van der Waals surface area contributed by atoms with E-state index in [0.29, 0.717) is 21.9 Å². The van der Waals surface area contributed by atoms with Gasteiger partial charge in [-0.3, -0.25) is 10.2 Å². The van der Waals surface area contributed by atoms with Gasteiger partial charge in [-0.1, -0.05) is 23.2 Å². The van der Waals surface area contributed by atoms with Gasteiger partial charge in [0.15, 0.2) is 0 Å². The topological polar surface area (TPSA) is 57.7 Å². The highest BCUT2D eigenvalue weighted by Crippen LogP contribution is 2.23. The van der Waals surface area contributed by atoms with Gasteiger partial charge in [-0.15, -0.1) is 0 Å². The Morgan fingerprint density at radius 1 is 1.27 bits per heavy atom. The number of hydrogen-bond acceptors (Lipinski definition) is 4. The van der Waals surface area contributed by atoms with Gasteiger partial charge in [0.1, 0.15) is 5.82 Å². The molecule has 1 N–H and O–H groups in total. The molecule has 0 aliphatic carbocycles. The highest BCUT2D eigenvalue weighted by molar-refractivity contribution is 6.42. The van der Waals surface area contributed by atoms with E-state index in [4.69, 9.17) is 27.9 Å². The quantitative estimate of drug-likeness (QED) is 0.894. The molecule has 2 fully saturated rings. The van der Waals surface area contributed by atoms with Crippen molar-refractivity contribution in [1.82, 2.24) is 14.8 Å². The molecule has 0 aromatic carbocycles. The molecule has 1 atom stereocenters. The Morgan fingerprint density at radius 2 is 2.05 bits per heavy atom. The Morgan fingerprint density at radius 3 is 2.77 bits per heavy atom. The van der Waals surface area contributed by atoms with Crippen molar-refractivity contribution in [2.24, 2.45) is 0 Å². The molecule has 22 heavy (non-hydrogen) atoms. The average molecular weight is 345 g/mol. The van der Waals surface area contributed by atoms with Crippen molar-refractivity contribution in [3.8, 4) is 0 Å². The first-order valence-electron chi connectivity index (χ1n) is 7.32. The number of carbonyl (C=O) groups excluding carboxylic acids is 1. The number of aromatic nitrogens is 1. The molecule has 2 aliphatic heterocycles. The molecule has 2 aliphatic rings. The number of anilines is 1. The summed E-state index contributed by atoms with van der Waals surface area (Å²) >= 11 is 11.7. The van der Waals surface area contributed by atoms with Crippen LogP contribution in [0.5, 0.6) is 0 Å². The molecular weight excluding hydrogens is 327 g/mol. The van der Waals surface area contributed by atoms with Crippen LogP contribution >= 0.6 is 23.2 Å². The summed E-state index contributed by atoms with van der Waals surface area (Å²) in [5, 5.41) is 3.51. The van der Waals surface area contributed by atoms with Gasteiger partial charge in [0.25, 0.3) is 0 Å². The monoisotopic (exact) mass is 344 g/mol. The van der Waals surface area contributed by atoms with E-state index in [2.05, 4.69) is 15.2 Å². The summed E-state index contributed by atoms with van der Waals surface area (Å²) in [6.07, 6.45) is 2.42. The van der Waals surface area contributed by atoms with Gasteiger partial charge in [0, 0.05) is 44.5 Å². The molecule has 0 saturated carbocycles. The third-order valence-corrected chi connectivity index (χ3v) is 4.77. The minimum atomic E-state index is -0.151. The maximum atomic E-state index is 12.3. The molecule has 2 saturated heterocycles. The largest absolute Gasteiger partial charge is 0.379 e. The second kappa shape index (κ2) is 7.00. The lowest BCUT2D eigenvalue weighted by Crippen LogP contribution is -2.45. The number of pyridine rings is 1. The van der Waals surface area contributed by atoms with Crippen molar-refractivity contribution in [3.05, 3.63) is 22.3 Å². The van der Waals surface area contributed by atoms with Crippen LogP contribution < -0.4 is 5.32 Å². The fourth-order valence-electron chi connectivity index (χ4n) is 2.84. The smallest absolute Gasteiger partial charge is 0.323 e. The predicted octanol–water partition coefficient (Wildman–Crippen LogP) is 2.33. The number of rotatable bonds is 2. The summed E-state index contributed by atoms with van der Waals surface area (Å²) in [5.74, 6) is 0.411. The SMILES string of the molecule is O=C(Nc1cc(Cl)c(Cl)cn1)N1CC[C@H](N2CCOCC2)C1. The normalized spacial score (nSPS) is 22.8. The van der Waals surface area contributed by atoms with Gasteiger partial charge < -0.3 is 9.64 Å². The highest BCUT2D eigenvalue weighted by atomic mass is 35.5. The van der Waals surface area contributed by atoms with E-state index in [1.807, 2.05) is 4.90 Å². The second-order valence-corrected chi connectivity index (χ2v) is 6.27. The van der Waals surface area contributed by atoms with Crippen molar-refractivity contribution in [2.45, 2.75) is 12.5 Å². The third-order valence-electron chi connectivity index (χ3n) is 4.06. The maximum Gasteiger partial charge on any atom is 0.323 e. The summed E-state index contributed by atoms with van der Waals surface area (Å²) in [6, 6.07) is 1.81. The number of likely N-dealkylation sites (tertiary alicyclic amines) is 1. The van der Waals surface area contributed by atoms with Gasteiger partial charge in [-0.25, -0.2) is 9.78 Å². The molecule has 6 nitrogen and oxygen atoms in total. The first-order valence-corrected chi connectivity index (χ1v) is 8.08. The third kappa shape index (κ3) is 3.63. The van der Waals surface area contributed by atoms with Crippen LogP contribution in [0.3, 0.4) is 0 Å². The lowest BCUT2D eigenvalue weighted by Gasteiger charge is -2.32. The van der Waals surface area contributed by atoms with Crippen LogP contribution in [-0.4, -0.2) is 66.2 Å². The van der Waals surface area contributed by atoms with Crippen molar-refractivity contribution >= 4 is 35.1 Å². The van der Waals surface area contributed by atoms with Gasteiger partial charge in [-0.05, 0) is 6.42 Å². The number of nitrogens with one attached hydrogen (secondary N) is 1. The van der Waals surface area contributed by atoms with Gasteiger partial charge >= 0.3 is 6.03 Å². The maximum absolute atomic E-state index is 12.3. The van der Waals surface area contributed by atoms with Crippen LogP contribution in [0.1, 0.15) is 6.42 Å². The van der Waals surface area contributed by atoms with E-state index < -0.39 is 0 Å². The van der Waals surface area contributed by atoms with E-state index >= 15 is 0 Å². The van der Waals surface area contributed by atoms with Crippen molar-refractivity contribution in [1.29, 1.82) is 0 Å². The average Bonchev–Trinajstić information content (AvgIpc) is 3.02. The molecule has 1 aromatic rings. The molecule has 0 spiro atoms. The zero-order valence-electron chi connectivity index (χ0n) is 12.1. The molecule has 3 rings (SSSR count). The molecule has 0 unspecified atom stereocenters. The van der Waals surface area contributed by atoms with E-state index in [9.17, 15) is 4.79 Å². The van der Waals surface area contributed by atoms with Crippen LogP contribution in [0.25, 0.3) is 0 Å². The predicted molar refractivity (Wildman–Crippen MR) is 85.6 cm³/mol. The van der Waals surface area contributed by atoms with Crippen LogP contribution in [0.15, 0.2) is 12.3 Å². The molecule has 0 radical (unpaired) electrons. The number of morpholine rings is 1. The Balaban J connectivity index is 1.55. The summed E-state index contributed by atoms with van der Waals surface area (Å²) in [5.41, 5.74) is 0. The van der Waals surface area contributed by atoms with Gasteiger partial charge in [0.05, 0.1) is 23.3 Å². The molecule has 8 heteroatoms. The number of halogens is 2. The number of carbonyl (C=O) groups is 1. The number of amides is 2. The Labute approximate surface area is 139 Å².